The van der Waals surface area contributed by atoms with Crippen LogP contribution in [0.15, 0.2) is 58.4 Å². The molecule has 0 saturated carbocycles. The Bertz CT molecular complexity index is 847. The largest absolute Gasteiger partial charge is 0.504 e. The molecule has 0 aliphatic carbocycles. The van der Waals surface area contributed by atoms with Gasteiger partial charge in [-0.05, 0) is 12.1 Å². The summed E-state index contributed by atoms with van der Waals surface area (Å²) in [5.41, 5.74) is 1.42. The Kier molecular flexibility index (Phi) is 4.38. The van der Waals surface area contributed by atoms with Crippen molar-refractivity contribution in [2.75, 3.05) is 7.11 Å². The third-order valence-electron chi connectivity index (χ3n) is 3.17. The van der Waals surface area contributed by atoms with Crippen molar-refractivity contribution in [2.24, 2.45) is 5.10 Å². The van der Waals surface area contributed by atoms with E-state index in [1.54, 1.807) is 16.8 Å². The molecular weight excluding hydrogens is 360 g/mol. The van der Waals surface area contributed by atoms with Gasteiger partial charge in [0.25, 0.3) is 0 Å². The molecule has 7 heteroatoms. The Hall–Kier alpha value is -2.67. The smallest absolute Gasteiger partial charge is 0.184 e. The summed E-state index contributed by atoms with van der Waals surface area (Å²) in [6.45, 7) is 0. The predicted molar refractivity (Wildman–Crippen MR) is 90.8 cm³/mol. The van der Waals surface area contributed by atoms with Crippen LogP contribution in [0.3, 0.4) is 0 Å². The van der Waals surface area contributed by atoms with Gasteiger partial charge in [0, 0.05) is 15.6 Å². The van der Waals surface area contributed by atoms with Crippen molar-refractivity contribution in [3.05, 3.63) is 58.8 Å². The number of phenolic OH excluding ortho intramolecular Hbond substituents is 1. The second-order valence-electron chi connectivity index (χ2n) is 4.66. The van der Waals surface area contributed by atoms with Crippen LogP contribution in [0.1, 0.15) is 5.56 Å². The number of nitrogens with zero attached hydrogens (tertiary/aromatic N) is 4. The van der Waals surface area contributed by atoms with Crippen molar-refractivity contribution < 1.29 is 9.84 Å². The number of hydrogen-bond donors (Lipinski definition) is 1. The summed E-state index contributed by atoms with van der Waals surface area (Å²) in [6.07, 6.45) is 3.03. The second-order valence-corrected chi connectivity index (χ2v) is 5.57. The SMILES string of the molecule is COc1cc(Br)cc(/C=N/n2cnnc2-c2ccccc2)c1O. The van der Waals surface area contributed by atoms with Gasteiger partial charge in [0.1, 0.15) is 6.33 Å². The predicted octanol–water partition coefficient (Wildman–Crippen LogP) is 3.30. The number of benzene rings is 2. The van der Waals surface area contributed by atoms with Crippen LogP contribution in [0.5, 0.6) is 11.5 Å². The fourth-order valence-electron chi connectivity index (χ4n) is 2.06. The number of aromatic nitrogens is 3. The summed E-state index contributed by atoms with van der Waals surface area (Å²) < 4.78 is 7.45. The molecule has 1 aromatic heterocycles. The van der Waals surface area contributed by atoms with E-state index in [0.717, 1.165) is 10.0 Å². The first-order chi connectivity index (χ1) is 11.2. The molecule has 0 saturated heterocycles. The fourth-order valence-corrected chi connectivity index (χ4v) is 2.52. The standard InChI is InChI=1S/C16H13BrN4O2/c1-23-14-8-13(17)7-12(15(14)22)9-19-21-10-18-20-16(21)11-5-3-2-4-6-11/h2-10,22H,1H3/b19-9+. The Morgan fingerprint density at radius 1 is 1.26 bits per heavy atom. The minimum Gasteiger partial charge on any atom is -0.504 e. The lowest BCUT2D eigenvalue weighted by molar-refractivity contribution is 0.373. The van der Waals surface area contributed by atoms with Crippen LogP contribution in [0.25, 0.3) is 11.4 Å². The average Bonchev–Trinajstić information content (AvgIpc) is 3.04. The second kappa shape index (κ2) is 6.62. The fraction of sp³-hybridized carbons (Fsp3) is 0.0625. The van der Waals surface area contributed by atoms with Crippen molar-refractivity contribution in [1.29, 1.82) is 0 Å². The van der Waals surface area contributed by atoms with Gasteiger partial charge in [0.2, 0.25) is 0 Å². The topological polar surface area (TPSA) is 72.5 Å². The first-order valence-electron chi connectivity index (χ1n) is 6.75. The summed E-state index contributed by atoms with van der Waals surface area (Å²) in [7, 11) is 1.50. The molecule has 3 rings (SSSR count). The molecule has 3 aromatic rings. The molecule has 0 aliphatic heterocycles. The minimum absolute atomic E-state index is 0.0220. The lowest BCUT2D eigenvalue weighted by atomic mass is 10.2. The number of aromatic hydroxyl groups is 1. The number of hydrogen-bond acceptors (Lipinski definition) is 5. The Morgan fingerprint density at radius 3 is 2.78 bits per heavy atom. The molecule has 0 fully saturated rings. The van der Waals surface area contributed by atoms with Crippen LogP contribution in [0, 0.1) is 0 Å². The number of phenols is 1. The van der Waals surface area contributed by atoms with E-state index in [4.69, 9.17) is 4.74 Å². The zero-order valence-corrected chi connectivity index (χ0v) is 13.8. The van der Waals surface area contributed by atoms with Crippen molar-refractivity contribution in [3.63, 3.8) is 0 Å². The molecule has 0 radical (unpaired) electrons. The van der Waals surface area contributed by atoms with Gasteiger partial charge in [0.15, 0.2) is 17.3 Å². The van der Waals surface area contributed by atoms with E-state index in [-0.39, 0.29) is 5.75 Å². The molecule has 2 aromatic carbocycles. The maximum Gasteiger partial charge on any atom is 0.184 e. The lowest BCUT2D eigenvalue weighted by Gasteiger charge is -2.07. The highest BCUT2D eigenvalue weighted by Crippen LogP contribution is 2.32. The van der Waals surface area contributed by atoms with Crippen molar-refractivity contribution in [1.82, 2.24) is 14.9 Å². The van der Waals surface area contributed by atoms with E-state index in [2.05, 4.69) is 31.2 Å². The Morgan fingerprint density at radius 2 is 2.04 bits per heavy atom. The van der Waals surface area contributed by atoms with Gasteiger partial charge in [-0.1, -0.05) is 46.3 Å². The molecule has 1 N–H and O–H groups in total. The van der Waals surface area contributed by atoms with Gasteiger partial charge in [-0.25, -0.2) is 0 Å². The highest BCUT2D eigenvalue weighted by molar-refractivity contribution is 9.10. The van der Waals surface area contributed by atoms with E-state index >= 15 is 0 Å². The van der Waals surface area contributed by atoms with Crippen LogP contribution in [0.4, 0.5) is 0 Å². The highest BCUT2D eigenvalue weighted by Gasteiger charge is 2.09. The van der Waals surface area contributed by atoms with Crippen LogP contribution >= 0.6 is 15.9 Å². The molecule has 0 amide bonds. The molecule has 0 atom stereocenters. The third kappa shape index (κ3) is 3.24. The monoisotopic (exact) mass is 372 g/mol. The Labute approximate surface area is 141 Å². The van der Waals surface area contributed by atoms with Crippen molar-refractivity contribution >= 4 is 22.1 Å². The van der Waals surface area contributed by atoms with Gasteiger partial charge in [-0.2, -0.15) is 9.78 Å². The van der Waals surface area contributed by atoms with Gasteiger partial charge in [-0.3, -0.25) is 0 Å². The average molecular weight is 373 g/mol. The molecule has 116 valence electrons. The van der Waals surface area contributed by atoms with Crippen LogP contribution in [-0.4, -0.2) is 33.3 Å². The van der Waals surface area contributed by atoms with E-state index in [1.807, 2.05) is 30.3 Å². The lowest BCUT2D eigenvalue weighted by Crippen LogP contribution is -1.95. The van der Waals surface area contributed by atoms with Gasteiger partial charge < -0.3 is 9.84 Å². The molecule has 6 nitrogen and oxygen atoms in total. The molecule has 0 spiro atoms. The third-order valence-corrected chi connectivity index (χ3v) is 3.63. The van der Waals surface area contributed by atoms with Gasteiger partial charge in [0.05, 0.1) is 13.3 Å². The molecular formula is C16H13BrN4O2. The van der Waals surface area contributed by atoms with Crippen LogP contribution in [0.2, 0.25) is 0 Å². The Balaban J connectivity index is 1.97. The molecule has 1 heterocycles. The van der Waals surface area contributed by atoms with E-state index in [1.165, 1.54) is 19.7 Å². The summed E-state index contributed by atoms with van der Waals surface area (Å²) in [5, 5.41) is 22.4. The molecule has 0 bridgehead atoms. The van der Waals surface area contributed by atoms with E-state index < -0.39 is 0 Å². The maximum absolute atomic E-state index is 10.2. The normalized spacial score (nSPS) is 11.0. The summed E-state index contributed by atoms with van der Waals surface area (Å²) in [4.78, 5) is 0. The summed E-state index contributed by atoms with van der Waals surface area (Å²) in [6, 6.07) is 13.0. The first-order valence-corrected chi connectivity index (χ1v) is 7.54. The first kappa shape index (κ1) is 15.2. The minimum atomic E-state index is 0.0220. The quantitative estimate of drug-likeness (QED) is 0.713. The maximum atomic E-state index is 10.2. The summed E-state index contributed by atoms with van der Waals surface area (Å²) >= 11 is 3.37. The van der Waals surface area contributed by atoms with Crippen LogP contribution in [-0.2, 0) is 0 Å². The van der Waals surface area contributed by atoms with Crippen molar-refractivity contribution in [2.45, 2.75) is 0 Å². The molecule has 0 unspecified atom stereocenters. The zero-order valence-electron chi connectivity index (χ0n) is 12.2. The highest BCUT2D eigenvalue weighted by atomic mass is 79.9. The number of halogens is 1. The number of methoxy groups -OCH3 is 1. The molecule has 23 heavy (non-hydrogen) atoms. The van der Waals surface area contributed by atoms with Crippen molar-refractivity contribution in [3.8, 4) is 22.9 Å². The van der Waals surface area contributed by atoms with Gasteiger partial charge in [-0.15, -0.1) is 10.2 Å². The van der Waals surface area contributed by atoms with E-state index in [9.17, 15) is 5.11 Å². The summed E-state index contributed by atoms with van der Waals surface area (Å²) in [5.74, 6) is 1.00. The number of ether oxygens (including phenoxy) is 1. The number of rotatable bonds is 4. The molecule has 0 aliphatic rings. The van der Waals surface area contributed by atoms with Gasteiger partial charge >= 0.3 is 0 Å². The zero-order chi connectivity index (χ0) is 16.2. The van der Waals surface area contributed by atoms with Crippen LogP contribution < -0.4 is 4.74 Å². The van der Waals surface area contributed by atoms with E-state index in [0.29, 0.717) is 17.1 Å².